The Balaban J connectivity index is 1.70. The second-order valence-electron chi connectivity index (χ2n) is 6.88. The van der Waals surface area contributed by atoms with Crippen molar-refractivity contribution in [1.29, 1.82) is 0 Å². The molecule has 0 saturated carbocycles. The van der Waals surface area contributed by atoms with Crippen molar-refractivity contribution >= 4 is 5.96 Å². The lowest BCUT2D eigenvalue weighted by Gasteiger charge is -2.13. The van der Waals surface area contributed by atoms with Gasteiger partial charge in [-0.25, -0.2) is 9.67 Å². The maximum atomic E-state index is 4.78. The van der Waals surface area contributed by atoms with Crippen molar-refractivity contribution < 1.29 is 0 Å². The van der Waals surface area contributed by atoms with Crippen molar-refractivity contribution in [3.63, 3.8) is 0 Å². The highest BCUT2D eigenvalue weighted by Crippen LogP contribution is 2.17. The first-order chi connectivity index (χ1) is 14.1. The number of aromatic nitrogens is 5. The Morgan fingerprint density at radius 2 is 1.97 bits per heavy atom. The molecule has 8 nitrogen and oxygen atoms in total. The van der Waals surface area contributed by atoms with E-state index in [2.05, 4.69) is 69.5 Å². The molecule has 0 aliphatic rings. The van der Waals surface area contributed by atoms with E-state index in [0.29, 0.717) is 6.54 Å². The minimum Gasteiger partial charge on any atom is -0.357 e. The largest absolute Gasteiger partial charge is 0.357 e. The summed E-state index contributed by atoms with van der Waals surface area (Å²) in [6.07, 6.45) is 2.65. The summed E-state index contributed by atoms with van der Waals surface area (Å²) in [5.41, 5.74) is 4.32. The van der Waals surface area contributed by atoms with Crippen LogP contribution in [0.3, 0.4) is 0 Å². The Morgan fingerprint density at radius 3 is 2.69 bits per heavy atom. The van der Waals surface area contributed by atoms with Crippen LogP contribution in [0.4, 0.5) is 0 Å². The monoisotopic (exact) mass is 394 g/mol. The molecule has 0 aliphatic heterocycles. The third kappa shape index (κ3) is 5.22. The van der Waals surface area contributed by atoms with Gasteiger partial charge < -0.3 is 15.2 Å². The first-order valence-corrected chi connectivity index (χ1v) is 10.1. The van der Waals surface area contributed by atoms with Gasteiger partial charge in [0.05, 0.1) is 17.9 Å². The van der Waals surface area contributed by atoms with E-state index >= 15 is 0 Å². The fourth-order valence-corrected chi connectivity index (χ4v) is 3.26. The fraction of sp³-hybridized carbons (Fsp3) is 0.429. The molecule has 0 fully saturated rings. The van der Waals surface area contributed by atoms with Crippen LogP contribution in [0.1, 0.15) is 36.6 Å². The molecule has 29 heavy (non-hydrogen) atoms. The molecule has 3 aromatic rings. The van der Waals surface area contributed by atoms with Crippen LogP contribution < -0.4 is 10.6 Å². The van der Waals surface area contributed by atoms with Gasteiger partial charge in [0.15, 0.2) is 5.96 Å². The van der Waals surface area contributed by atoms with E-state index in [1.54, 1.807) is 6.33 Å². The number of para-hydroxylation sites is 1. The van der Waals surface area contributed by atoms with Crippen LogP contribution in [0.15, 0.2) is 41.7 Å². The smallest absolute Gasteiger partial charge is 0.191 e. The molecule has 0 aliphatic carbocycles. The molecule has 2 N–H and O–H groups in total. The van der Waals surface area contributed by atoms with Crippen molar-refractivity contribution in [1.82, 2.24) is 35.2 Å². The highest BCUT2D eigenvalue weighted by atomic mass is 15.3. The highest BCUT2D eigenvalue weighted by molar-refractivity contribution is 5.79. The van der Waals surface area contributed by atoms with E-state index < -0.39 is 0 Å². The number of nitrogens with one attached hydrogen (secondary N) is 2. The molecule has 2 heterocycles. The molecular formula is C21H30N8. The van der Waals surface area contributed by atoms with Crippen LogP contribution in [-0.2, 0) is 19.5 Å². The lowest BCUT2D eigenvalue weighted by atomic mass is 10.2. The van der Waals surface area contributed by atoms with Gasteiger partial charge in [-0.1, -0.05) is 25.1 Å². The van der Waals surface area contributed by atoms with E-state index in [1.165, 1.54) is 0 Å². The van der Waals surface area contributed by atoms with E-state index in [9.17, 15) is 0 Å². The minimum atomic E-state index is 0.566. The standard InChI is InChI=1S/C21H30N8/c1-5-20-26-25-15-28(20)12-11-23-21(22-6-2)24-14-18-9-7-8-10-19(18)29-17(4)13-16(3)27-29/h7-10,13,15H,5-6,11-12,14H2,1-4H3,(H2,22,23,24). The number of aryl methyl sites for hydroxylation is 3. The Labute approximate surface area is 172 Å². The molecule has 0 unspecified atom stereocenters. The van der Waals surface area contributed by atoms with Crippen molar-refractivity contribution in [3.05, 3.63) is 59.4 Å². The molecule has 0 amide bonds. The quantitative estimate of drug-likeness (QED) is 0.453. The molecule has 0 radical (unpaired) electrons. The molecule has 0 saturated heterocycles. The Morgan fingerprint density at radius 1 is 1.14 bits per heavy atom. The summed E-state index contributed by atoms with van der Waals surface area (Å²) >= 11 is 0. The minimum absolute atomic E-state index is 0.566. The predicted octanol–water partition coefficient (Wildman–Crippen LogP) is 2.40. The molecule has 0 spiro atoms. The summed E-state index contributed by atoms with van der Waals surface area (Å²) in [7, 11) is 0. The van der Waals surface area contributed by atoms with Crippen LogP contribution in [0.2, 0.25) is 0 Å². The average molecular weight is 395 g/mol. The van der Waals surface area contributed by atoms with Crippen LogP contribution in [-0.4, -0.2) is 43.6 Å². The summed E-state index contributed by atoms with van der Waals surface area (Å²) in [5, 5.41) is 19.4. The van der Waals surface area contributed by atoms with Gasteiger partial charge in [-0.05, 0) is 38.5 Å². The molecule has 0 atom stereocenters. The van der Waals surface area contributed by atoms with E-state index in [1.807, 2.05) is 23.7 Å². The molecule has 8 heteroatoms. The van der Waals surface area contributed by atoms with Gasteiger partial charge in [0.2, 0.25) is 0 Å². The number of hydrogen-bond acceptors (Lipinski definition) is 4. The third-order valence-corrected chi connectivity index (χ3v) is 4.64. The SMILES string of the molecule is CCNC(=NCc1ccccc1-n1nc(C)cc1C)NCCn1cnnc1CC. The Kier molecular flexibility index (Phi) is 6.99. The lowest BCUT2D eigenvalue weighted by molar-refractivity contribution is 0.632. The maximum Gasteiger partial charge on any atom is 0.191 e. The first kappa shape index (κ1) is 20.6. The van der Waals surface area contributed by atoms with Crippen LogP contribution in [0.5, 0.6) is 0 Å². The highest BCUT2D eigenvalue weighted by Gasteiger charge is 2.09. The molecule has 2 aromatic heterocycles. The zero-order chi connectivity index (χ0) is 20.6. The lowest BCUT2D eigenvalue weighted by Crippen LogP contribution is -2.39. The van der Waals surface area contributed by atoms with Crippen molar-refractivity contribution in [3.8, 4) is 5.69 Å². The van der Waals surface area contributed by atoms with Crippen molar-refractivity contribution in [2.24, 2.45) is 4.99 Å². The van der Waals surface area contributed by atoms with Crippen LogP contribution >= 0.6 is 0 Å². The van der Waals surface area contributed by atoms with Gasteiger partial charge in [-0.15, -0.1) is 10.2 Å². The maximum absolute atomic E-state index is 4.78. The summed E-state index contributed by atoms with van der Waals surface area (Å²) < 4.78 is 4.05. The number of aliphatic imine (C=N–C) groups is 1. The zero-order valence-corrected chi connectivity index (χ0v) is 17.7. The summed E-state index contributed by atoms with van der Waals surface area (Å²) in [6, 6.07) is 10.3. The number of rotatable bonds is 8. The molecular weight excluding hydrogens is 364 g/mol. The zero-order valence-electron chi connectivity index (χ0n) is 17.7. The van der Waals surface area contributed by atoms with Gasteiger partial charge in [0, 0.05) is 31.7 Å². The predicted molar refractivity (Wildman–Crippen MR) is 115 cm³/mol. The number of nitrogens with zero attached hydrogens (tertiary/aromatic N) is 6. The fourth-order valence-electron chi connectivity index (χ4n) is 3.26. The van der Waals surface area contributed by atoms with Crippen molar-refractivity contribution in [2.75, 3.05) is 13.1 Å². The molecule has 1 aromatic carbocycles. The molecule has 3 rings (SSSR count). The Bertz CT molecular complexity index is 953. The van der Waals surface area contributed by atoms with E-state index in [0.717, 1.165) is 60.5 Å². The third-order valence-electron chi connectivity index (χ3n) is 4.64. The van der Waals surface area contributed by atoms with Gasteiger partial charge in [0.1, 0.15) is 12.2 Å². The number of hydrogen-bond donors (Lipinski definition) is 2. The van der Waals surface area contributed by atoms with Crippen LogP contribution in [0, 0.1) is 13.8 Å². The van der Waals surface area contributed by atoms with E-state index in [4.69, 9.17) is 4.99 Å². The average Bonchev–Trinajstić information content (AvgIpc) is 3.31. The summed E-state index contributed by atoms with van der Waals surface area (Å²) in [6.45, 7) is 11.1. The normalized spacial score (nSPS) is 11.7. The van der Waals surface area contributed by atoms with Gasteiger partial charge in [0.25, 0.3) is 0 Å². The molecule has 0 bridgehead atoms. The number of benzene rings is 1. The van der Waals surface area contributed by atoms with Crippen LogP contribution in [0.25, 0.3) is 5.69 Å². The van der Waals surface area contributed by atoms with E-state index in [-0.39, 0.29) is 0 Å². The topological polar surface area (TPSA) is 85.0 Å². The molecule has 154 valence electrons. The van der Waals surface area contributed by atoms with Gasteiger partial charge in [-0.3, -0.25) is 0 Å². The second-order valence-corrected chi connectivity index (χ2v) is 6.88. The summed E-state index contributed by atoms with van der Waals surface area (Å²) in [5.74, 6) is 1.79. The number of guanidine groups is 1. The van der Waals surface area contributed by atoms with Gasteiger partial charge >= 0.3 is 0 Å². The summed E-state index contributed by atoms with van der Waals surface area (Å²) in [4.78, 5) is 4.78. The van der Waals surface area contributed by atoms with Crippen molar-refractivity contribution in [2.45, 2.75) is 47.2 Å². The first-order valence-electron chi connectivity index (χ1n) is 10.1. The van der Waals surface area contributed by atoms with Gasteiger partial charge in [-0.2, -0.15) is 5.10 Å². The second kappa shape index (κ2) is 9.86. The Hall–Kier alpha value is -3.16.